The van der Waals surface area contributed by atoms with Gasteiger partial charge >= 0.3 is 5.97 Å². The zero-order valence-corrected chi connectivity index (χ0v) is 20.6. The number of nitrogen functional groups attached to an aromatic ring is 1. The summed E-state index contributed by atoms with van der Waals surface area (Å²) in [4.78, 5) is 60.7. The molecule has 0 bridgehead atoms. The first-order valence-corrected chi connectivity index (χ1v) is 12.5. The van der Waals surface area contributed by atoms with Gasteiger partial charge in [-0.1, -0.05) is 17.1 Å². The summed E-state index contributed by atoms with van der Waals surface area (Å²) in [6, 6.07) is 2.87. The number of hydrogen-bond donors (Lipinski definition) is 4. The van der Waals surface area contributed by atoms with Crippen molar-refractivity contribution in [3.8, 4) is 12.3 Å². The Kier molecular flexibility index (Phi) is 7.41. The number of nitrogens with one attached hydrogen (secondary N) is 1. The molecule has 0 saturated carbocycles. The molecule has 3 amide bonds. The Morgan fingerprint density at radius 3 is 2.70 bits per heavy atom. The number of pyridine rings is 1. The number of carboxylic acids is 1. The molecule has 6 N–H and O–H groups in total. The molecule has 2 aromatic heterocycles. The van der Waals surface area contributed by atoms with Gasteiger partial charge in [-0.3, -0.25) is 19.3 Å². The highest BCUT2D eigenvalue weighted by atomic mass is 32.2. The third-order valence-corrected chi connectivity index (χ3v) is 7.38. The standard InChI is InChI=1S/C22H19N7O6S2/c1-2-8-35-27-13(12-10-37-22(24)25-12)18(31)26-14-19(32)29-16(21(33)34)11(9-36-20(14)29)15(17(23)30)28-6-4-3-5-7-28/h1,3-7,10,14-15,20H,8-9H2,(H5-,23,24,25,26,30,31,33,34)/p+1/t14?,15?,20-/m0/s1. The highest BCUT2D eigenvalue weighted by Crippen LogP contribution is 2.42. The summed E-state index contributed by atoms with van der Waals surface area (Å²) >= 11 is 2.26. The number of carbonyl (C=O) groups excluding carboxylic acids is 3. The van der Waals surface area contributed by atoms with Gasteiger partial charge in [0, 0.05) is 28.8 Å². The number of thioether (sulfide) groups is 1. The number of primary amides is 1. The van der Waals surface area contributed by atoms with Crippen molar-refractivity contribution in [1.82, 2.24) is 15.2 Å². The second-order valence-corrected chi connectivity index (χ2v) is 9.65. The van der Waals surface area contributed by atoms with Crippen LogP contribution in [0.2, 0.25) is 0 Å². The van der Waals surface area contributed by atoms with Gasteiger partial charge < -0.3 is 26.7 Å². The zero-order valence-electron chi connectivity index (χ0n) is 18.9. The number of rotatable bonds is 9. The Morgan fingerprint density at radius 1 is 1.38 bits per heavy atom. The van der Waals surface area contributed by atoms with Crippen molar-refractivity contribution >= 4 is 57.6 Å². The van der Waals surface area contributed by atoms with Crippen molar-refractivity contribution in [2.75, 3.05) is 18.1 Å². The first-order valence-electron chi connectivity index (χ1n) is 10.6. The predicted octanol–water partition coefficient (Wildman–Crippen LogP) is -1.17. The molecule has 13 nitrogen and oxygen atoms in total. The fraction of sp³-hybridized carbons (Fsp3) is 0.227. The summed E-state index contributed by atoms with van der Waals surface area (Å²) in [5, 5.41) is 17.2. The van der Waals surface area contributed by atoms with Crippen molar-refractivity contribution in [3.05, 3.63) is 52.9 Å². The number of oxime groups is 1. The molecule has 2 unspecified atom stereocenters. The number of aromatic nitrogens is 2. The van der Waals surface area contributed by atoms with Crippen molar-refractivity contribution in [2.24, 2.45) is 10.9 Å². The Morgan fingerprint density at radius 2 is 2.11 bits per heavy atom. The molecule has 2 aliphatic heterocycles. The molecule has 1 saturated heterocycles. The topological polar surface area (TPSA) is 194 Å². The lowest BCUT2D eigenvalue weighted by molar-refractivity contribution is -0.701. The van der Waals surface area contributed by atoms with E-state index < -0.39 is 41.1 Å². The average molecular weight is 543 g/mol. The van der Waals surface area contributed by atoms with E-state index in [2.05, 4.69) is 21.4 Å². The summed E-state index contributed by atoms with van der Waals surface area (Å²) in [6.07, 6.45) is 8.30. The van der Waals surface area contributed by atoms with Crippen molar-refractivity contribution in [3.63, 3.8) is 0 Å². The Bertz CT molecular complexity index is 1370. The van der Waals surface area contributed by atoms with E-state index in [-0.39, 0.29) is 40.2 Å². The number of nitrogens with two attached hydrogens (primary N) is 2. The van der Waals surface area contributed by atoms with Crippen LogP contribution in [0.4, 0.5) is 5.13 Å². The first-order chi connectivity index (χ1) is 17.7. The number of terminal acetylenes is 1. The number of anilines is 1. The van der Waals surface area contributed by atoms with Crippen LogP contribution in [0.3, 0.4) is 0 Å². The molecule has 2 aliphatic rings. The number of aliphatic carboxylic acids is 1. The number of nitrogens with zero attached hydrogens (tertiary/aromatic N) is 4. The largest absolute Gasteiger partial charge is 0.477 e. The molecule has 0 aromatic carbocycles. The van der Waals surface area contributed by atoms with E-state index in [9.17, 15) is 24.3 Å². The molecule has 37 heavy (non-hydrogen) atoms. The molecule has 0 aliphatic carbocycles. The molecule has 0 radical (unpaired) electrons. The van der Waals surface area contributed by atoms with Gasteiger partial charge in [0.05, 0.1) is 0 Å². The fourth-order valence-corrected chi connectivity index (χ4v) is 5.81. The molecule has 1 fully saturated rings. The molecule has 4 rings (SSSR count). The summed E-state index contributed by atoms with van der Waals surface area (Å²) < 4.78 is 1.48. The van der Waals surface area contributed by atoms with E-state index in [1.54, 1.807) is 30.6 Å². The smallest absolute Gasteiger partial charge is 0.352 e. The van der Waals surface area contributed by atoms with Crippen LogP contribution in [0.5, 0.6) is 0 Å². The van der Waals surface area contributed by atoms with Crippen molar-refractivity contribution in [2.45, 2.75) is 17.5 Å². The molecule has 4 heterocycles. The quantitative estimate of drug-likeness (QED) is 0.0754. The normalized spacial score (nSPS) is 19.8. The van der Waals surface area contributed by atoms with Crippen LogP contribution < -0.4 is 21.4 Å². The third-order valence-electron chi connectivity index (χ3n) is 5.41. The van der Waals surface area contributed by atoms with Gasteiger partial charge in [0.15, 0.2) is 29.8 Å². The van der Waals surface area contributed by atoms with E-state index in [1.807, 2.05) is 0 Å². The number of fused-ring (bicyclic) bond motifs is 1. The number of β-lactam (4-membered cyclic amide) rings is 1. The summed E-state index contributed by atoms with van der Waals surface area (Å²) in [6.45, 7) is -0.207. The van der Waals surface area contributed by atoms with Crippen LogP contribution in [-0.4, -0.2) is 68.2 Å². The Hall–Kier alpha value is -4.42. The van der Waals surface area contributed by atoms with Gasteiger partial charge in [0.25, 0.3) is 23.8 Å². The molecule has 190 valence electrons. The maximum Gasteiger partial charge on any atom is 0.352 e. The maximum absolute atomic E-state index is 13.1. The number of carbonyl (C=O) groups is 4. The minimum Gasteiger partial charge on any atom is -0.477 e. The van der Waals surface area contributed by atoms with E-state index in [1.165, 1.54) is 21.7 Å². The van der Waals surface area contributed by atoms with Gasteiger partial charge in [0.2, 0.25) is 0 Å². The van der Waals surface area contributed by atoms with Crippen molar-refractivity contribution in [1.29, 1.82) is 0 Å². The molecule has 2 aromatic rings. The second-order valence-electron chi connectivity index (χ2n) is 7.66. The van der Waals surface area contributed by atoms with E-state index in [4.69, 9.17) is 22.7 Å². The van der Waals surface area contributed by atoms with Crippen LogP contribution >= 0.6 is 23.1 Å². The predicted molar refractivity (Wildman–Crippen MR) is 132 cm³/mol. The minimum absolute atomic E-state index is 0.0762. The van der Waals surface area contributed by atoms with Crippen LogP contribution in [0.15, 0.2) is 52.4 Å². The van der Waals surface area contributed by atoms with Crippen LogP contribution in [0, 0.1) is 12.3 Å². The molecule has 0 spiro atoms. The van der Waals surface area contributed by atoms with Gasteiger partial charge in [-0.25, -0.2) is 9.78 Å². The lowest BCUT2D eigenvalue weighted by Crippen LogP contribution is -2.71. The monoisotopic (exact) mass is 542 g/mol. The highest BCUT2D eigenvalue weighted by molar-refractivity contribution is 8.00. The van der Waals surface area contributed by atoms with Gasteiger partial charge in [0.1, 0.15) is 22.8 Å². The van der Waals surface area contributed by atoms with Crippen molar-refractivity contribution < 1.29 is 33.7 Å². The first kappa shape index (κ1) is 25.7. The highest BCUT2D eigenvalue weighted by Gasteiger charge is 2.56. The number of carboxylic acid groups (broad SMARTS) is 1. The SMILES string of the molecule is C#CCON=C(C(=O)NC1C(=O)N2C(C(=O)O)=C(C(C(N)=O)[n+]3ccccc3)CS[C@@H]12)c1csc(N)n1. The molecular formula is C22H20N7O6S2+. The number of thiazole rings is 1. The lowest BCUT2D eigenvalue weighted by atomic mass is 9.98. The van der Waals surface area contributed by atoms with Gasteiger partial charge in [-0.15, -0.1) is 29.5 Å². The maximum atomic E-state index is 13.1. The third kappa shape index (κ3) is 4.97. The number of amides is 3. The Labute approximate surface area is 218 Å². The average Bonchev–Trinajstić information content (AvgIpc) is 3.30. The van der Waals surface area contributed by atoms with E-state index >= 15 is 0 Å². The molecule has 3 atom stereocenters. The summed E-state index contributed by atoms with van der Waals surface area (Å²) in [5.41, 5.74) is 11.0. The second kappa shape index (κ2) is 10.7. The number of hydrogen-bond acceptors (Lipinski definition) is 10. The fourth-order valence-electron chi connectivity index (χ4n) is 3.88. The van der Waals surface area contributed by atoms with Crippen LogP contribution in [0.25, 0.3) is 0 Å². The summed E-state index contributed by atoms with van der Waals surface area (Å²) in [7, 11) is 0. The molecule has 15 heteroatoms. The summed E-state index contributed by atoms with van der Waals surface area (Å²) in [5.74, 6) is -1.36. The minimum atomic E-state index is -1.40. The lowest BCUT2D eigenvalue weighted by Gasteiger charge is -2.49. The molecular weight excluding hydrogens is 522 g/mol. The Balaban J connectivity index is 1.61. The van der Waals surface area contributed by atoms with Crippen LogP contribution in [-0.2, 0) is 24.0 Å². The van der Waals surface area contributed by atoms with Gasteiger partial charge in [-0.05, 0) is 0 Å². The van der Waals surface area contributed by atoms with E-state index in [0.29, 0.717) is 0 Å². The van der Waals surface area contributed by atoms with Gasteiger partial charge in [-0.2, -0.15) is 4.57 Å². The van der Waals surface area contributed by atoms with E-state index in [0.717, 1.165) is 16.2 Å². The van der Waals surface area contributed by atoms with Crippen LogP contribution in [0.1, 0.15) is 11.7 Å². The zero-order chi connectivity index (χ0) is 26.7.